The smallest absolute Gasteiger partial charge is 0.387 e. The summed E-state index contributed by atoms with van der Waals surface area (Å²) in [5.74, 6) is 0.0725. The van der Waals surface area contributed by atoms with Crippen LogP contribution in [0.3, 0.4) is 0 Å². The Kier molecular flexibility index (Phi) is 4.45. The van der Waals surface area contributed by atoms with Crippen LogP contribution in [0, 0.1) is 0 Å². The fourth-order valence-electron chi connectivity index (χ4n) is 1.34. The molecule has 0 aliphatic heterocycles. The van der Waals surface area contributed by atoms with Crippen LogP contribution >= 0.6 is 0 Å². The van der Waals surface area contributed by atoms with Gasteiger partial charge in [-0.05, 0) is 30.2 Å². The number of aliphatic hydroxyl groups excluding tert-OH is 1. The van der Waals surface area contributed by atoms with Crippen LogP contribution in [0.25, 0.3) is 0 Å². The second-order valence-electron chi connectivity index (χ2n) is 3.54. The quantitative estimate of drug-likeness (QED) is 0.809. The van der Waals surface area contributed by atoms with Crippen LogP contribution in [0.4, 0.5) is 8.78 Å². The first-order valence-electron chi connectivity index (χ1n) is 4.92. The number of methoxy groups -OCH3 is 1. The molecule has 1 atom stereocenters. The van der Waals surface area contributed by atoms with Crippen molar-refractivity contribution < 1.29 is 23.4 Å². The molecule has 0 aromatic heterocycles. The van der Waals surface area contributed by atoms with Crippen LogP contribution in [0.1, 0.15) is 18.6 Å². The van der Waals surface area contributed by atoms with E-state index in [1.54, 1.807) is 13.0 Å². The minimum Gasteiger partial charge on any atom is -0.493 e. The van der Waals surface area contributed by atoms with Gasteiger partial charge in [-0.25, -0.2) is 0 Å². The monoisotopic (exact) mass is 244 g/mol. The highest BCUT2D eigenvalue weighted by molar-refractivity contribution is 5.44. The van der Waals surface area contributed by atoms with E-state index < -0.39 is 12.7 Å². The SMILES string of the molecule is C=C(C)C(O)c1ccc(OC)c(OC(F)F)c1. The maximum absolute atomic E-state index is 12.2. The summed E-state index contributed by atoms with van der Waals surface area (Å²) >= 11 is 0. The molecule has 1 N–H and O–H groups in total. The molecule has 0 saturated heterocycles. The van der Waals surface area contributed by atoms with Gasteiger partial charge < -0.3 is 14.6 Å². The van der Waals surface area contributed by atoms with Crippen molar-refractivity contribution in [3.63, 3.8) is 0 Å². The van der Waals surface area contributed by atoms with Gasteiger partial charge in [0.1, 0.15) is 0 Å². The zero-order chi connectivity index (χ0) is 13.0. The highest BCUT2D eigenvalue weighted by Gasteiger charge is 2.15. The fourth-order valence-corrected chi connectivity index (χ4v) is 1.34. The molecule has 0 bridgehead atoms. The molecule has 94 valence electrons. The maximum atomic E-state index is 12.2. The third kappa shape index (κ3) is 3.42. The van der Waals surface area contributed by atoms with Gasteiger partial charge >= 0.3 is 6.61 Å². The van der Waals surface area contributed by atoms with Crippen molar-refractivity contribution in [1.29, 1.82) is 0 Å². The standard InChI is InChI=1S/C12H14F2O3/c1-7(2)11(15)8-4-5-9(16-3)10(6-8)17-12(13)14/h4-6,11-12,15H,1H2,2-3H3. The van der Waals surface area contributed by atoms with Gasteiger partial charge in [-0.2, -0.15) is 8.78 Å². The first-order valence-corrected chi connectivity index (χ1v) is 4.92. The van der Waals surface area contributed by atoms with E-state index in [9.17, 15) is 13.9 Å². The molecule has 17 heavy (non-hydrogen) atoms. The number of benzene rings is 1. The van der Waals surface area contributed by atoms with Gasteiger partial charge in [0.2, 0.25) is 0 Å². The highest BCUT2D eigenvalue weighted by atomic mass is 19.3. The molecule has 0 heterocycles. The van der Waals surface area contributed by atoms with Crippen LogP contribution in [-0.2, 0) is 0 Å². The van der Waals surface area contributed by atoms with E-state index >= 15 is 0 Å². The minimum absolute atomic E-state index is 0.111. The normalized spacial score (nSPS) is 12.4. The average molecular weight is 244 g/mol. The molecule has 0 spiro atoms. The fraction of sp³-hybridized carbons (Fsp3) is 0.333. The van der Waals surface area contributed by atoms with Crippen LogP contribution in [-0.4, -0.2) is 18.8 Å². The second kappa shape index (κ2) is 5.63. The van der Waals surface area contributed by atoms with E-state index in [1.807, 2.05) is 0 Å². The Morgan fingerprint density at radius 2 is 2.00 bits per heavy atom. The summed E-state index contributed by atoms with van der Waals surface area (Å²) in [5.41, 5.74) is 0.937. The number of alkyl halides is 2. The second-order valence-corrected chi connectivity index (χ2v) is 3.54. The van der Waals surface area contributed by atoms with E-state index in [0.717, 1.165) is 0 Å². The van der Waals surface area contributed by atoms with Gasteiger partial charge in [0.05, 0.1) is 13.2 Å². The summed E-state index contributed by atoms with van der Waals surface area (Å²) in [4.78, 5) is 0. The summed E-state index contributed by atoms with van der Waals surface area (Å²) in [6, 6.07) is 4.33. The van der Waals surface area contributed by atoms with Crippen molar-refractivity contribution in [3.8, 4) is 11.5 Å². The van der Waals surface area contributed by atoms with Crippen LogP contribution in [0.15, 0.2) is 30.4 Å². The third-order valence-electron chi connectivity index (χ3n) is 2.19. The minimum atomic E-state index is -2.94. The Morgan fingerprint density at radius 3 is 2.47 bits per heavy atom. The molecular weight excluding hydrogens is 230 g/mol. The first kappa shape index (κ1) is 13.4. The molecule has 0 aliphatic rings. The zero-order valence-electron chi connectivity index (χ0n) is 9.61. The predicted molar refractivity (Wildman–Crippen MR) is 59.4 cm³/mol. The van der Waals surface area contributed by atoms with Crippen molar-refractivity contribution in [3.05, 3.63) is 35.9 Å². The molecule has 0 aliphatic carbocycles. The molecule has 0 amide bonds. The third-order valence-corrected chi connectivity index (χ3v) is 2.19. The lowest BCUT2D eigenvalue weighted by atomic mass is 10.0. The summed E-state index contributed by atoms with van der Waals surface area (Å²) in [7, 11) is 1.35. The molecule has 0 saturated carbocycles. The Morgan fingerprint density at radius 1 is 1.35 bits per heavy atom. The summed E-state index contributed by atoms with van der Waals surface area (Å²) in [5, 5.41) is 9.74. The Bertz CT molecular complexity index is 405. The first-order chi connectivity index (χ1) is 7.95. The van der Waals surface area contributed by atoms with E-state index in [2.05, 4.69) is 11.3 Å². The number of hydrogen-bond donors (Lipinski definition) is 1. The molecule has 1 aromatic rings. The predicted octanol–water partition coefficient (Wildman–Crippen LogP) is 2.91. The molecule has 1 aromatic carbocycles. The van der Waals surface area contributed by atoms with Crippen molar-refractivity contribution in [2.24, 2.45) is 0 Å². The Balaban J connectivity index is 3.08. The molecule has 5 heteroatoms. The topological polar surface area (TPSA) is 38.7 Å². The number of aliphatic hydroxyl groups is 1. The van der Waals surface area contributed by atoms with Gasteiger partial charge in [0.25, 0.3) is 0 Å². The molecule has 0 fully saturated rings. The van der Waals surface area contributed by atoms with E-state index in [0.29, 0.717) is 11.1 Å². The van der Waals surface area contributed by atoms with Crippen LogP contribution in [0.5, 0.6) is 11.5 Å². The largest absolute Gasteiger partial charge is 0.493 e. The molecular formula is C12H14F2O3. The van der Waals surface area contributed by atoms with Crippen molar-refractivity contribution in [1.82, 2.24) is 0 Å². The van der Waals surface area contributed by atoms with Crippen LogP contribution < -0.4 is 9.47 Å². The lowest BCUT2D eigenvalue weighted by molar-refractivity contribution is -0.0513. The molecule has 1 rings (SSSR count). The van der Waals surface area contributed by atoms with Gasteiger partial charge in [0, 0.05) is 0 Å². The Hall–Kier alpha value is -1.62. The summed E-state index contributed by atoms with van der Waals surface area (Å²) < 4.78 is 33.5. The molecule has 1 unspecified atom stereocenters. The van der Waals surface area contributed by atoms with E-state index in [4.69, 9.17) is 4.74 Å². The van der Waals surface area contributed by atoms with Crippen molar-refractivity contribution in [2.45, 2.75) is 19.6 Å². The van der Waals surface area contributed by atoms with Gasteiger partial charge in [0.15, 0.2) is 11.5 Å². The van der Waals surface area contributed by atoms with Crippen molar-refractivity contribution >= 4 is 0 Å². The number of rotatable bonds is 5. The van der Waals surface area contributed by atoms with Gasteiger partial charge in [-0.3, -0.25) is 0 Å². The van der Waals surface area contributed by atoms with Crippen LogP contribution in [0.2, 0.25) is 0 Å². The van der Waals surface area contributed by atoms with Gasteiger partial charge in [-0.15, -0.1) is 0 Å². The number of halogens is 2. The van der Waals surface area contributed by atoms with Gasteiger partial charge in [-0.1, -0.05) is 12.6 Å². The van der Waals surface area contributed by atoms with E-state index in [1.165, 1.54) is 19.2 Å². The molecule has 3 nitrogen and oxygen atoms in total. The Labute approximate surface area is 98.3 Å². The lowest BCUT2D eigenvalue weighted by Gasteiger charge is -2.15. The summed E-state index contributed by atoms with van der Waals surface area (Å²) in [6.07, 6.45) is -0.916. The van der Waals surface area contributed by atoms with E-state index in [-0.39, 0.29) is 11.5 Å². The summed E-state index contributed by atoms with van der Waals surface area (Å²) in [6.45, 7) is 2.29. The molecule has 0 radical (unpaired) electrons. The number of hydrogen-bond acceptors (Lipinski definition) is 3. The average Bonchev–Trinajstić information content (AvgIpc) is 2.27. The zero-order valence-corrected chi connectivity index (χ0v) is 9.61. The van der Waals surface area contributed by atoms with Crippen molar-refractivity contribution in [2.75, 3.05) is 7.11 Å². The maximum Gasteiger partial charge on any atom is 0.387 e. The number of ether oxygens (including phenoxy) is 2. The highest BCUT2D eigenvalue weighted by Crippen LogP contribution is 2.32. The lowest BCUT2D eigenvalue weighted by Crippen LogP contribution is -2.05.